The van der Waals surface area contributed by atoms with Gasteiger partial charge in [0.1, 0.15) is 11.8 Å². The third-order valence-electron chi connectivity index (χ3n) is 3.70. The highest BCUT2D eigenvalue weighted by Crippen LogP contribution is 2.44. The van der Waals surface area contributed by atoms with Crippen LogP contribution in [-0.2, 0) is 6.42 Å². The van der Waals surface area contributed by atoms with E-state index in [1.807, 2.05) is 18.2 Å². The van der Waals surface area contributed by atoms with Crippen molar-refractivity contribution in [2.75, 3.05) is 14.2 Å². The fraction of sp³-hybridized carbons (Fsp3) is 0.333. The van der Waals surface area contributed by atoms with Gasteiger partial charge in [-0.2, -0.15) is 4.98 Å². The summed E-state index contributed by atoms with van der Waals surface area (Å²) in [7, 11) is 3.02. The zero-order chi connectivity index (χ0) is 14.1. The second kappa shape index (κ2) is 5.09. The van der Waals surface area contributed by atoms with E-state index < -0.39 is 6.10 Å². The summed E-state index contributed by atoms with van der Waals surface area (Å²) < 4.78 is 10.2. The lowest BCUT2D eigenvalue weighted by atomic mass is 9.74. The van der Waals surface area contributed by atoms with Crippen LogP contribution in [-0.4, -0.2) is 29.3 Å². The molecule has 0 radical (unpaired) electrons. The van der Waals surface area contributed by atoms with E-state index in [4.69, 9.17) is 9.47 Å². The molecular weight excluding hydrogens is 256 g/mol. The lowest BCUT2D eigenvalue weighted by molar-refractivity contribution is 0.125. The molecule has 20 heavy (non-hydrogen) atoms. The number of fused-ring (bicyclic) bond motifs is 1. The maximum atomic E-state index is 10.5. The SMILES string of the molecule is COc1cnc(C(O)C2Cc3ccccc32)c(OC)n1. The largest absolute Gasteiger partial charge is 0.480 e. The minimum absolute atomic E-state index is 0.0443. The van der Waals surface area contributed by atoms with Gasteiger partial charge in [-0.3, -0.25) is 0 Å². The van der Waals surface area contributed by atoms with E-state index in [2.05, 4.69) is 16.0 Å². The average molecular weight is 272 g/mol. The van der Waals surface area contributed by atoms with Crippen molar-refractivity contribution in [1.29, 1.82) is 0 Å². The predicted octanol–water partition coefficient (Wildman–Crippen LogP) is 1.87. The molecule has 104 valence electrons. The number of hydrogen-bond acceptors (Lipinski definition) is 5. The minimum atomic E-state index is -0.724. The van der Waals surface area contributed by atoms with E-state index in [9.17, 15) is 5.11 Å². The molecule has 1 aromatic heterocycles. The van der Waals surface area contributed by atoms with Gasteiger partial charge in [0.05, 0.1) is 20.4 Å². The summed E-state index contributed by atoms with van der Waals surface area (Å²) in [6.07, 6.45) is 1.61. The molecule has 1 aromatic carbocycles. The minimum Gasteiger partial charge on any atom is -0.480 e. The molecule has 5 nitrogen and oxygen atoms in total. The monoisotopic (exact) mass is 272 g/mol. The molecule has 2 unspecified atom stereocenters. The maximum Gasteiger partial charge on any atom is 0.241 e. The van der Waals surface area contributed by atoms with Crippen LogP contribution in [0.5, 0.6) is 11.8 Å². The second-order valence-corrected chi connectivity index (χ2v) is 4.76. The first kappa shape index (κ1) is 12.9. The Labute approximate surface area is 117 Å². The third-order valence-corrected chi connectivity index (χ3v) is 3.70. The van der Waals surface area contributed by atoms with Gasteiger partial charge in [0.15, 0.2) is 0 Å². The lowest BCUT2D eigenvalue weighted by Crippen LogP contribution is -2.24. The molecule has 2 atom stereocenters. The number of rotatable bonds is 4. The zero-order valence-electron chi connectivity index (χ0n) is 11.4. The van der Waals surface area contributed by atoms with Gasteiger partial charge in [0.2, 0.25) is 11.8 Å². The highest BCUT2D eigenvalue weighted by molar-refractivity contribution is 5.42. The van der Waals surface area contributed by atoms with E-state index in [0.717, 1.165) is 6.42 Å². The van der Waals surface area contributed by atoms with Crippen LogP contribution in [0.3, 0.4) is 0 Å². The molecule has 1 aliphatic rings. The summed E-state index contributed by atoms with van der Waals surface area (Å²) in [6, 6.07) is 8.11. The van der Waals surface area contributed by atoms with Gasteiger partial charge in [-0.15, -0.1) is 0 Å². The number of aliphatic hydroxyl groups excluding tert-OH is 1. The molecule has 2 aromatic rings. The second-order valence-electron chi connectivity index (χ2n) is 4.76. The van der Waals surface area contributed by atoms with Crippen molar-refractivity contribution in [3.8, 4) is 11.8 Å². The molecule has 1 heterocycles. The standard InChI is InChI=1S/C15H16N2O3/c1-19-12-8-16-13(15(17-12)20-2)14(18)11-7-9-5-3-4-6-10(9)11/h3-6,8,11,14,18H,7H2,1-2H3. The third kappa shape index (κ3) is 2.00. The fourth-order valence-electron chi connectivity index (χ4n) is 2.59. The lowest BCUT2D eigenvalue weighted by Gasteiger charge is -2.33. The van der Waals surface area contributed by atoms with Gasteiger partial charge in [-0.25, -0.2) is 4.98 Å². The predicted molar refractivity (Wildman–Crippen MR) is 73.0 cm³/mol. The number of nitrogens with zero attached hydrogens (tertiary/aromatic N) is 2. The topological polar surface area (TPSA) is 64.5 Å². The van der Waals surface area contributed by atoms with Crippen LogP contribution in [0.4, 0.5) is 0 Å². The molecule has 5 heteroatoms. The number of aromatic nitrogens is 2. The quantitative estimate of drug-likeness (QED) is 0.920. The molecule has 0 aliphatic heterocycles. The van der Waals surface area contributed by atoms with E-state index in [0.29, 0.717) is 17.5 Å². The number of methoxy groups -OCH3 is 2. The maximum absolute atomic E-state index is 10.5. The van der Waals surface area contributed by atoms with Gasteiger partial charge in [-0.05, 0) is 17.5 Å². The smallest absolute Gasteiger partial charge is 0.241 e. The van der Waals surface area contributed by atoms with Gasteiger partial charge in [-0.1, -0.05) is 24.3 Å². The van der Waals surface area contributed by atoms with Gasteiger partial charge < -0.3 is 14.6 Å². The molecule has 0 bridgehead atoms. The summed E-state index contributed by atoms with van der Waals surface area (Å²) in [5, 5.41) is 10.5. The normalized spacial score (nSPS) is 17.9. The van der Waals surface area contributed by atoms with Gasteiger partial charge >= 0.3 is 0 Å². The highest BCUT2D eigenvalue weighted by atomic mass is 16.5. The van der Waals surface area contributed by atoms with E-state index in [1.165, 1.54) is 31.5 Å². The Hall–Kier alpha value is -2.14. The van der Waals surface area contributed by atoms with Gasteiger partial charge in [0.25, 0.3) is 0 Å². The van der Waals surface area contributed by atoms with Gasteiger partial charge in [0, 0.05) is 5.92 Å². The summed E-state index contributed by atoms with van der Waals surface area (Å²) >= 11 is 0. The summed E-state index contributed by atoms with van der Waals surface area (Å²) in [5.41, 5.74) is 2.89. The van der Waals surface area contributed by atoms with Crippen molar-refractivity contribution in [2.45, 2.75) is 18.4 Å². The number of ether oxygens (including phenoxy) is 2. The van der Waals surface area contributed by atoms with Crippen molar-refractivity contribution in [2.24, 2.45) is 0 Å². The first-order valence-corrected chi connectivity index (χ1v) is 6.45. The van der Waals surface area contributed by atoms with Crippen molar-refractivity contribution in [3.05, 3.63) is 47.3 Å². The Morgan fingerprint density at radius 3 is 2.75 bits per heavy atom. The number of benzene rings is 1. The van der Waals surface area contributed by atoms with E-state index in [-0.39, 0.29) is 5.92 Å². The van der Waals surface area contributed by atoms with Crippen LogP contribution in [0.2, 0.25) is 0 Å². The van der Waals surface area contributed by atoms with Crippen LogP contribution < -0.4 is 9.47 Å². The molecule has 0 spiro atoms. The van der Waals surface area contributed by atoms with E-state index >= 15 is 0 Å². The van der Waals surface area contributed by atoms with Crippen molar-refractivity contribution in [3.63, 3.8) is 0 Å². The van der Waals surface area contributed by atoms with E-state index in [1.54, 1.807) is 0 Å². The molecule has 0 fully saturated rings. The number of aliphatic hydroxyl groups is 1. The van der Waals surface area contributed by atoms with Crippen LogP contribution in [0.1, 0.15) is 28.8 Å². The average Bonchev–Trinajstić information content (AvgIpc) is 2.47. The molecule has 0 amide bonds. The molecule has 0 saturated heterocycles. The Kier molecular flexibility index (Phi) is 3.28. The molecule has 1 N–H and O–H groups in total. The highest BCUT2D eigenvalue weighted by Gasteiger charge is 2.35. The molecule has 1 aliphatic carbocycles. The molecule has 0 saturated carbocycles. The Morgan fingerprint density at radius 1 is 1.25 bits per heavy atom. The molecular formula is C15H16N2O3. The molecule has 3 rings (SSSR count). The van der Waals surface area contributed by atoms with Crippen LogP contribution >= 0.6 is 0 Å². The van der Waals surface area contributed by atoms with Crippen molar-refractivity contribution < 1.29 is 14.6 Å². The van der Waals surface area contributed by atoms with Crippen LogP contribution in [0.15, 0.2) is 30.5 Å². The zero-order valence-corrected chi connectivity index (χ0v) is 11.4. The summed E-state index contributed by atoms with van der Waals surface area (Å²) in [5.74, 6) is 0.718. The first-order chi connectivity index (χ1) is 9.74. The fourth-order valence-corrected chi connectivity index (χ4v) is 2.59. The number of hydrogen-bond donors (Lipinski definition) is 1. The van der Waals surface area contributed by atoms with Crippen molar-refractivity contribution >= 4 is 0 Å². The Balaban J connectivity index is 1.90. The Bertz CT molecular complexity index is 630. The van der Waals surface area contributed by atoms with Crippen LogP contribution in [0.25, 0.3) is 0 Å². The summed E-state index contributed by atoms with van der Waals surface area (Å²) in [4.78, 5) is 8.39. The van der Waals surface area contributed by atoms with Crippen LogP contribution in [0, 0.1) is 0 Å². The first-order valence-electron chi connectivity index (χ1n) is 6.45. The van der Waals surface area contributed by atoms with Crippen molar-refractivity contribution in [1.82, 2.24) is 9.97 Å². The Morgan fingerprint density at radius 2 is 2.05 bits per heavy atom. The summed E-state index contributed by atoms with van der Waals surface area (Å²) in [6.45, 7) is 0.